The second-order valence-electron chi connectivity index (χ2n) is 7.84. The number of aromatic hydroxyl groups is 1. The van der Waals surface area contributed by atoms with Gasteiger partial charge in [-0.25, -0.2) is 8.42 Å². The van der Waals surface area contributed by atoms with Crippen molar-refractivity contribution in [2.24, 2.45) is 0 Å². The molecule has 0 aliphatic rings. The third-order valence-corrected chi connectivity index (χ3v) is 6.95. The Kier molecular flexibility index (Phi) is 6.44. The van der Waals surface area contributed by atoms with E-state index in [-0.39, 0.29) is 17.1 Å². The van der Waals surface area contributed by atoms with Gasteiger partial charge in [-0.2, -0.15) is 4.72 Å². The van der Waals surface area contributed by atoms with Gasteiger partial charge in [-0.15, -0.1) is 0 Å². The van der Waals surface area contributed by atoms with Crippen molar-refractivity contribution in [3.63, 3.8) is 0 Å². The summed E-state index contributed by atoms with van der Waals surface area (Å²) in [7, 11) is -4.08. The van der Waals surface area contributed by atoms with Crippen molar-refractivity contribution in [2.75, 3.05) is 0 Å². The van der Waals surface area contributed by atoms with Gasteiger partial charge in [0.1, 0.15) is 11.8 Å². The highest BCUT2D eigenvalue weighted by Gasteiger charge is 2.27. The molecule has 4 rings (SSSR count). The average molecular weight is 462 g/mol. The number of carbonyl (C=O) groups is 1. The summed E-state index contributed by atoms with van der Waals surface area (Å²) in [4.78, 5) is 12.0. The second kappa shape index (κ2) is 9.44. The smallest absolute Gasteiger partial charge is 0.322 e. The molecule has 0 radical (unpaired) electrons. The molecule has 3 N–H and O–H groups in total. The van der Waals surface area contributed by atoms with Crippen molar-refractivity contribution in [1.29, 1.82) is 0 Å². The first kappa shape index (κ1) is 22.5. The fourth-order valence-electron chi connectivity index (χ4n) is 3.78. The lowest BCUT2D eigenvalue weighted by Gasteiger charge is -2.18. The van der Waals surface area contributed by atoms with Crippen LogP contribution in [0.2, 0.25) is 0 Å². The zero-order valence-corrected chi connectivity index (χ0v) is 18.5. The van der Waals surface area contributed by atoms with E-state index < -0.39 is 22.0 Å². The molecule has 0 unspecified atom stereocenters. The number of sulfonamides is 1. The quantitative estimate of drug-likeness (QED) is 0.366. The number of nitrogens with one attached hydrogen (secondary N) is 1. The molecule has 0 aliphatic heterocycles. The van der Waals surface area contributed by atoms with Crippen LogP contribution in [-0.2, 0) is 27.7 Å². The van der Waals surface area contributed by atoms with Crippen LogP contribution in [0, 0.1) is 0 Å². The number of fused-ring (bicyclic) bond motifs is 1. The number of aliphatic carboxylic acids is 1. The Morgan fingerprint density at radius 2 is 1.52 bits per heavy atom. The van der Waals surface area contributed by atoms with Crippen LogP contribution in [0.25, 0.3) is 10.8 Å². The Hall–Kier alpha value is -3.68. The van der Waals surface area contributed by atoms with Crippen molar-refractivity contribution in [2.45, 2.75) is 23.8 Å². The second-order valence-corrected chi connectivity index (χ2v) is 9.55. The van der Waals surface area contributed by atoms with Gasteiger partial charge in [0.05, 0.1) is 4.90 Å². The molecule has 0 amide bonds. The zero-order chi connectivity index (χ0) is 23.4. The van der Waals surface area contributed by atoms with Gasteiger partial charge in [-0.3, -0.25) is 4.79 Å². The number of rotatable bonds is 8. The van der Waals surface area contributed by atoms with E-state index >= 15 is 0 Å². The van der Waals surface area contributed by atoms with Crippen LogP contribution >= 0.6 is 0 Å². The van der Waals surface area contributed by atoms with Crippen LogP contribution < -0.4 is 4.72 Å². The molecule has 0 saturated heterocycles. The summed E-state index contributed by atoms with van der Waals surface area (Å²) in [5.41, 5.74) is 2.37. The molecule has 1 atom stereocenters. The van der Waals surface area contributed by atoms with E-state index in [9.17, 15) is 23.4 Å². The fraction of sp³-hybridized carbons (Fsp3) is 0.115. The Morgan fingerprint density at radius 1 is 0.818 bits per heavy atom. The first-order valence-corrected chi connectivity index (χ1v) is 11.9. The number of hydrogen-bond donors (Lipinski definition) is 3. The highest BCUT2D eigenvalue weighted by molar-refractivity contribution is 7.89. The predicted octanol–water partition coefficient (Wildman–Crippen LogP) is 4.11. The number of phenolic OH excluding ortho intramolecular Hbond substituents is 1. The molecule has 7 heteroatoms. The molecule has 4 aromatic carbocycles. The van der Waals surface area contributed by atoms with Gasteiger partial charge in [0.15, 0.2) is 0 Å². The van der Waals surface area contributed by atoms with Crippen LogP contribution in [0.5, 0.6) is 5.75 Å². The highest BCUT2D eigenvalue weighted by Crippen LogP contribution is 2.23. The number of carboxylic acid groups (broad SMARTS) is 1. The molecule has 0 bridgehead atoms. The zero-order valence-electron chi connectivity index (χ0n) is 17.7. The van der Waals surface area contributed by atoms with E-state index in [4.69, 9.17) is 0 Å². The van der Waals surface area contributed by atoms with Gasteiger partial charge in [0, 0.05) is 0 Å². The van der Waals surface area contributed by atoms with E-state index in [2.05, 4.69) is 4.72 Å². The highest BCUT2D eigenvalue weighted by atomic mass is 32.2. The maximum Gasteiger partial charge on any atom is 0.322 e. The summed E-state index contributed by atoms with van der Waals surface area (Å²) in [6.07, 6.45) is 0.416. The van der Waals surface area contributed by atoms with Crippen molar-refractivity contribution in [3.8, 4) is 5.75 Å². The van der Waals surface area contributed by atoms with Crippen LogP contribution in [0.3, 0.4) is 0 Å². The summed E-state index contributed by atoms with van der Waals surface area (Å²) in [5.74, 6) is -1.22. The molecule has 0 fully saturated rings. The summed E-state index contributed by atoms with van der Waals surface area (Å²) in [5, 5.41) is 21.4. The van der Waals surface area contributed by atoms with E-state index in [1.807, 2.05) is 48.5 Å². The van der Waals surface area contributed by atoms with Gasteiger partial charge >= 0.3 is 5.97 Å². The maximum absolute atomic E-state index is 13.0. The average Bonchev–Trinajstić information content (AvgIpc) is 2.80. The topological polar surface area (TPSA) is 104 Å². The molecule has 0 heterocycles. The summed E-state index contributed by atoms with van der Waals surface area (Å²) >= 11 is 0. The normalized spacial score (nSPS) is 12.5. The summed E-state index contributed by atoms with van der Waals surface area (Å²) < 4.78 is 28.3. The van der Waals surface area contributed by atoms with E-state index in [1.54, 1.807) is 24.3 Å². The van der Waals surface area contributed by atoms with Crippen LogP contribution in [0.15, 0.2) is 95.9 Å². The lowest BCUT2D eigenvalue weighted by molar-refractivity contribution is -0.138. The van der Waals surface area contributed by atoms with Gasteiger partial charge in [-0.1, -0.05) is 66.7 Å². The standard InChI is InChI=1S/C26H23NO5S/c28-23-12-10-21(22(15-23)14-18-6-2-1-3-7-18)17-25(26(29)30)27-33(31,32)24-13-11-19-8-4-5-9-20(19)16-24/h1-13,15-16,25,27-28H,14,17H2,(H,29,30)/t25-/m0/s1. The number of hydrogen-bond acceptors (Lipinski definition) is 4. The van der Waals surface area contributed by atoms with Gasteiger partial charge < -0.3 is 10.2 Å². The van der Waals surface area contributed by atoms with E-state index in [0.717, 1.165) is 21.9 Å². The number of carboxylic acids is 1. The Bertz CT molecular complexity index is 1400. The minimum atomic E-state index is -4.08. The lowest BCUT2D eigenvalue weighted by Crippen LogP contribution is -2.42. The SMILES string of the molecule is O=C(O)[C@H](Cc1ccc(O)cc1Cc1ccccc1)NS(=O)(=O)c1ccc2ccccc2c1. The summed E-state index contributed by atoms with van der Waals surface area (Å²) in [6, 6.07) is 24.9. The minimum absolute atomic E-state index is 0.00247. The van der Waals surface area contributed by atoms with Crippen molar-refractivity contribution in [1.82, 2.24) is 4.72 Å². The van der Waals surface area contributed by atoms with Crippen molar-refractivity contribution in [3.05, 3.63) is 108 Å². The molecular weight excluding hydrogens is 438 g/mol. The fourth-order valence-corrected chi connectivity index (χ4v) is 5.01. The van der Waals surface area contributed by atoms with Gasteiger partial charge in [-0.05, 0) is 64.6 Å². The maximum atomic E-state index is 13.0. The molecule has 4 aromatic rings. The minimum Gasteiger partial charge on any atom is -0.508 e. The summed E-state index contributed by atoms with van der Waals surface area (Å²) in [6.45, 7) is 0. The molecular formula is C26H23NO5S. The Balaban J connectivity index is 1.61. The lowest BCUT2D eigenvalue weighted by atomic mass is 9.95. The molecule has 33 heavy (non-hydrogen) atoms. The Morgan fingerprint density at radius 3 is 2.24 bits per heavy atom. The van der Waals surface area contributed by atoms with Crippen molar-refractivity contribution < 1.29 is 23.4 Å². The third kappa shape index (κ3) is 5.39. The first-order chi connectivity index (χ1) is 15.8. The number of benzene rings is 4. The van der Waals surface area contributed by atoms with Crippen LogP contribution in [-0.4, -0.2) is 30.6 Å². The number of phenols is 1. The molecule has 0 aliphatic carbocycles. The largest absolute Gasteiger partial charge is 0.508 e. The van der Waals surface area contributed by atoms with E-state index in [0.29, 0.717) is 12.0 Å². The van der Waals surface area contributed by atoms with Gasteiger partial charge in [0.2, 0.25) is 10.0 Å². The predicted molar refractivity (Wildman–Crippen MR) is 127 cm³/mol. The molecule has 0 saturated carbocycles. The Labute approximate surface area is 192 Å². The van der Waals surface area contributed by atoms with Gasteiger partial charge in [0.25, 0.3) is 0 Å². The van der Waals surface area contributed by atoms with Crippen molar-refractivity contribution >= 4 is 26.8 Å². The molecule has 0 aromatic heterocycles. The monoisotopic (exact) mass is 461 g/mol. The van der Waals surface area contributed by atoms with E-state index in [1.165, 1.54) is 18.2 Å². The third-order valence-electron chi connectivity index (χ3n) is 5.48. The first-order valence-electron chi connectivity index (χ1n) is 10.4. The van der Waals surface area contributed by atoms with Crippen LogP contribution in [0.1, 0.15) is 16.7 Å². The van der Waals surface area contributed by atoms with Crippen LogP contribution in [0.4, 0.5) is 0 Å². The molecule has 6 nitrogen and oxygen atoms in total. The molecule has 168 valence electrons. The molecule has 0 spiro atoms.